The van der Waals surface area contributed by atoms with Crippen molar-refractivity contribution in [1.82, 2.24) is 9.29 Å². The molecule has 2 atom stereocenters. The van der Waals surface area contributed by atoms with Gasteiger partial charge in [0.2, 0.25) is 10.0 Å². The molecule has 2 heterocycles. The van der Waals surface area contributed by atoms with Gasteiger partial charge in [0.25, 0.3) is 5.91 Å². The Morgan fingerprint density at radius 3 is 2.72 bits per heavy atom. The van der Waals surface area contributed by atoms with Gasteiger partial charge < -0.3 is 19.7 Å². The molecule has 0 unspecified atom stereocenters. The van der Waals surface area contributed by atoms with Crippen molar-refractivity contribution in [2.24, 2.45) is 7.05 Å². The lowest BCUT2D eigenvalue weighted by Crippen LogP contribution is -2.45. The molecule has 1 amide bonds. The number of sulfonamides is 1. The van der Waals surface area contributed by atoms with E-state index in [1.54, 1.807) is 0 Å². The van der Waals surface area contributed by atoms with E-state index in [2.05, 4.69) is 21.9 Å². The Bertz CT molecular complexity index is 1230. The summed E-state index contributed by atoms with van der Waals surface area (Å²) in [6, 6.07) is 2.23. The van der Waals surface area contributed by atoms with E-state index >= 15 is 0 Å². The fourth-order valence-corrected chi connectivity index (χ4v) is 4.66. The summed E-state index contributed by atoms with van der Waals surface area (Å²) in [5, 5.41) is 12.4. The van der Waals surface area contributed by atoms with Crippen molar-refractivity contribution < 1.29 is 36.2 Å². The van der Waals surface area contributed by atoms with Crippen LogP contribution < -0.4 is 14.8 Å². The van der Waals surface area contributed by atoms with Gasteiger partial charge in [-0.25, -0.2) is 13.1 Å². The summed E-state index contributed by atoms with van der Waals surface area (Å²) in [6.07, 6.45) is -4.81. The maximum atomic E-state index is 13.2. The Labute approximate surface area is 182 Å². The summed E-state index contributed by atoms with van der Waals surface area (Å²) in [4.78, 5) is 12.5. The summed E-state index contributed by atoms with van der Waals surface area (Å²) >= 11 is 0. The lowest BCUT2D eigenvalue weighted by Gasteiger charge is -2.17. The molecule has 0 saturated carbocycles. The van der Waals surface area contributed by atoms with E-state index in [0.717, 1.165) is 12.3 Å². The standard InChI is InChI=1S/C20H20F3N3O5S/c1-4-5-15(27)14-10-31-18-16(32(29,30)25-14)9-26(3)17(18)19(28)24-12-7-6-11(2)13(8-12)20(21,22)23/h6-9,14-15,25,27H,10H2,1-3H3,(H,24,28)/t14-,15+/m1/s1. The van der Waals surface area contributed by atoms with Gasteiger partial charge in [-0.1, -0.05) is 12.0 Å². The van der Waals surface area contributed by atoms with Crippen LogP contribution in [0.4, 0.5) is 18.9 Å². The normalized spacial score (nSPS) is 18.4. The predicted octanol–water partition coefficient (Wildman–Crippen LogP) is 2.03. The molecule has 0 saturated heterocycles. The van der Waals surface area contributed by atoms with E-state index in [9.17, 15) is 31.5 Å². The molecule has 0 radical (unpaired) electrons. The van der Waals surface area contributed by atoms with Crippen LogP contribution in [0.25, 0.3) is 0 Å². The molecule has 1 aliphatic heterocycles. The van der Waals surface area contributed by atoms with Crippen LogP contribution in [0.1, 0.15) is 28.5 Å². The number of carbonyl (C=O) groups excluding carboxylic acids is 1. The number of rotatable bonds is 3. The fraction of sp³-hybridized carbons (Fsp3) is 0.350. The second kappa shape index (κ2) is 8.50. The van der Waals surface area contributed by atoms with Gasteiger partial charge in [-0.05, 0) is 31.5 Å². The molecule has 3 N–H and O–H groups in total. The van der Waals surface area contributed by atoms with Crippen LogP contribution >= 0.6 is 0 Å². The Morgan fingerprint density at radius 2 is 2.09 bits per heavy atom. The maximum absolute atomic E-state index is 13.2. The summed E-state index contributed by atoms with van der Waals surface area (Å²) < 4.78 is 74.0. The fourth-order valence-electron chi connectivity index (χ4n) is 3.24. The summed E-state index contributed by atoms with van der Waals surface area (Å²) in [5.74, 6) is 3.75. The zero-order chi connectivity index (χ0) is 23.8. The Balaban J connectivity index is 1.96. The first-order valence-electron chi connectivity index (χ1n) is 9.29. The zero-order valence-corrected chi connectivity index (χ0v) is 18.1. The van der Waals surface area contributed by atoms with Crippen molar-refractivity contribution in [3.8, 4) is 17.6 Å². The van der Waals surface area contributed by atoms with Gasteiger partial charge >= 0.3 is 6.18 Å². The minimum Gasteiger partial charge on any atom is -0.488 e. The highest BCUT2D eigenvalue weighted by Gasteiger charge is 2.37. The highest BCUT2D eigenvalue weighted by molar-refractivity contribution is 7.89. The molecule has 0 bridgehead atoms. The van der Waals surface area contributed by atoms with Crippen molar-refractivity contribution in [3.05, 3.63) is 41.2 Å². The van der Waals surface area contributed by atoms with Crippen LogP contribution in [0.2, 0.25) is 0 Å². The lowest BCUT2D eigenvalue weighted by atomic mass is 10.1. The monoisotopic (exact) mass is 471 g/mol. The first-order chi connectivity index (χ1) is 14.8. The number of hydrogen-bond donors (Lipinski definition) is 3. The molecule has 8 nitrogen and oxygen atoms in total. The van der Waals surface area contributed by atoms with Crippen molar-refractivity contribution in [2.45, 2.75) is 37.1 Å². The van der Waals surface area contributed by atoms with Crippen molar-refractivity contribution in [3.63, 3.8) is 0 Å². The molecular formula is C20H20F3N3O5S. The summed E-state index contributed by atoms with van der Waals surface area (Å²) in [6.45, 7) is 2.45. The van der Waals surface area contributed by atoms with Crippen LogP contribution in [0.5, 0.6) is 5.75 Å². The molecule has 172 valence electrons. The van der Waals surface area contributed by atoms with Crippen LogP contribution in [0.15, 0.2) is 29.3 Å². The number of aliphatic hydroxyl groups excluding tert-OH is 1. The number of fused-ring (bicyclic) bond motifs is 1. The minimum atomic E-state index is -4.60. The molecule has 0 aliphatic carbocycles. The van der Waals surface area contributed by atoms with Gasteiger partial charge in [-0.2, -0.15) is 13.2 Å². The van der Waals surface area contributed by atoms with Crippen molar-refractivity contribution >= 4 is 21.6 Å². The summed E-state index contributed by atoms with van der Waals surface area (Å²) in [7, 11) is -2.79. The second-order valence-electron chi connectivity index (χ2n) is 7.14. The molecule has 0 spiro atoms. The largest absolute Gasteiger partial charge is 0.488 e. The Morgan fingerprint density at radius 1 is 1.41 bits per heavy atom. The maximum Gasteiger partial charge on any atom is 0.416 e. The minimum absolute atomic E-state index is 0.0106. The molecule has 1 aromatic carbocycles. The molecule has 0 fully saturated rings. The van der Waals surface area contributed by atoms with Crippen LogP contribution in [0, 0.1) is 18.8 Å². The number of amides is 1. The number of aryl methyl sites for hydroxylation is 2. The third kappa shape index (κ3) is 4.59. The molecule has 32 heavy (non-hydrogen) atoms. The van der Waals surface area contributed by atoms with Crippen molar-refractivity contribution in [1.29, 1.82) is 0 Å². The molecule has 1 aliphatic rings. The van der Waals surface area contributed by atoms with Gasteiger partial charge in [0.1, 0.15) is 17.6 Å². The lowest BCUT2D eigenvalue weighted by molar-refractivity contribution is -0.138. The number of halogens is 3. The Hall–Kier alpha value is -3.01. The van der Waals surface area contributed by atoms with Gasteiger partial charge in [-0.3, -0.25) is 4.79 Å². The van der Waals surface area contributed by atoms with E-state index in [1.807, 2.05) is 0 Å². The molecule has 12 heteroatoms. The molecule has 2 aromatic rings. The van der Waals surface area contributed by atoms with E-state index in [-0.39, 0.29) is 34.2 Å². The predicted molar refractivity (Wildman–Crippen MR) is 109 cm³/mol. The first-order valence-corrected chi connectivity index (χ1v) is 10.8. The van der Waals surface area contributed by atoms with Crippen LogP contribution in [-0.2, 0) is 23.2 Å². The number of nitrogens with zero attached hydrogens (tertiary/aromatic N) is 1. The van der Waals surface area contributed by atoms with Gasteiger partial charge in [0, 0.05) is 18.9 Å². The van der Waals surface area contributed by atoms with Crippen LogP contribution in [0.3, 0.4) is 0 Å². The van der Waals surface area contributed by atoms with Gasteiger partial charge in [-0.15, -0.1) is 5.92 Å². The zero-order valence-electron chi connectivity index (χ0n) is 17.2. The number of alkyl halides is 3. The number of ether oxygens (including phenoxy) is 1. The van der Waals surface area contributed by atoms with Crippen LogP contribution in [-0.4, -0.2) is 42.8 Å². The first kappa shape index (κ1) is 23.6. The number of anilines is 1. The SMILES string of the molecule is CC#C[C@H](O)[C@H]1COc2c(cn(C)c2C(=O)Nc2ccc(C)c(C(F)(F)F)c2)S(=O)(=O)N1. The summed E-state index contributed by atoms with van der Waals surface area (Å²) in [5.41, 5.74) is -1.25. The third-order valence-corrected chi connectivity index (χ3v) is 6.28. The number of aliphatic hydroxyl groups is 1. The average Bonchev–Trinajstić information content (AvgIpc) is 2.96. The smallest absolute Gasteiger partial charge is 0.416 e. The van der Waals surface area contributed by atoms with Gasteiger partial charge in [0.15, 0.2) is 11.4 Å². The van der Waals surface area contributed by atoms with E-state index in [0.29, 0.717) is 0 Å². The number of benzene rings is 1. The van der Waals surface area contributed by atoms with Gasteiger partial charge in [0.05, 0.1) is 11.6 Å². The number of hydrogen-bond acceptors (Lipinski definition) is 5. The highest BCUT2D eigenvalue weighted by atomic mass is 32.2. The third-order valence-electron chi connectivity index (χ3n) is 4.80. The molecule has 3 rings (SSSR count). The molecule has 1 aromatic heterocycles. The molecular weight excluding hydrogens is 451 g/mol. The number of nitrogens with one attached hydrogen (secondary N) is 2. The number of aromatic nitrogens is 1. The van der Waals surface area contributed by atoms with Crippen molar-refractivity contribution in [2.75, 3.05) is 11.9 Å². The van der Waals surface area contributed by atoms with E-state index < -0.39 is 39.8 Å². The highest BCUT2D eigenvalue weighted by Crippen LogP contribution is 2.35. The Kier molecular flexibility index (Phi) is 6.28. The topological polar surface area (TPSA) is 110 Å². The second-order valence-corrected chi connectivity index (χ2v) is 8.82. The average molecular weight is 471 g/mol. The number of carbonyl (C=O) groups is 1. The van der Waals surface area contributed by atoms with E-state index in [4.69, 9.17) is 4.74 Å². The quantitative estimate of drug-likeness (QED) is 0.594. The van der Waals surface area contributed by atoms with E-state index in [1.165, 1.54) is 37.6 Å².